The fourth-order valence-electron chi connectivity index (χ4n) is 6.23. The fraction of sp³-hybridized carbons (Fsp3) is 0.800. The Labute approximate surface area is 135 Å². The summed E-state index contributed by atoms with van der Waals surface area (Å²) in [6.45, 7) is 11.8. The summed E-state index contributed by atoms with van der Waals surface area (Å²) >= 11 is 0. The standard InChI is InChI=1S/C20H31NO/c1-5-18(2)11-6-8-16-15(18)9-10-17-19(3,14-21-22)12-7-13-20(16,17)4/h5,8,15,17H,1,6-7,9-14H2,2-4H3/t15-,17-,18+,19+,20+/m1/s1. The van der Waals surface area contributed by atoms with Crippen molar-refractivity contribution in [3.8, 4) is 0 Å². The molecule has 0 aromatic carbocycles. The van der Waals surface area contributed by atoms with Crippen LogP contribution in [0.3, 0.4) is 0 Å². The van der Waals surface area contributed by atoms with Gasteiger partial charge in [0.05, 0.1) is 6.54 Å². The molecule has 0 saturated heterocycles. The number of nitroso groups, excluding NO2 is 1. The fourth-order valence-corrected chi connectivity index (χ4v) is 6.23. The Morgan fingerprint density at radius 2 is 2.05 bits per heavy atom. The van der Waals surface area contributed by atoms with Gasteiger partial charge in [-0.2, -0.15) is 4.91 Å². The van der Waals surface area contributed by atoms with E-state index in [0.29, 0.717) is 18.4 Å². The molecule has 0 radical (unpaired) electrons. The van der Waals surface area contributed by atoms with Crippen LogP contribution >= 0.6 is 0 Å². The molecule has 0 spiro atoms. The van der Waals surface area contributed by atoms with Crippen molar-refractivity contribution < 1.29 is 0 Å². The molecule has 2 saturated carbocycles. The van der Waals surface area contributed by atoms with Gasteiger partial charge in [0.25, 0.3) is 0 Å². The van der Waals surface area contributed by atoms with Gasteiger partial charge in [0, 0.05) is 0 Å². The zero-order valence-electron chi connectivity index (χ0n) is 14.5. The van der Waals surface area contributed by atoms with E-state index in [1.54, 1.807) is 5.57 Å². The normalized spacial score (nSPS) is 47.9. The second-order valence-electron chi connectivity index (χ2n) is 8.80. The molecule has 122 valence electrons. The molecule has 0 bridgehead atoms. The van der Waals surface area contributed by atoms with E-state index in [1.807, 2.05) is 0 Å². The Morgan fingerprint density at radius 1 is 1.27 bits per heavy atom. The van der Waals surface area contributed by atoms with E-state index < -0.39 is 0 Å². The van der Waals surface area contributed by atoms with Crippen molar-refractivity contribution in [1.29, 1.82) is 0 Å². The third-order valence-corrected chi connectivity index (χ3v) is 7.57. The smallest absolute Gasteiger partial charge is 0.0867 e. The van der Waals surface area contributed by atoms with Crippen LogP contribution in [0.15, 0.2) is 29.5 Å². The molecule has 3 rings (SSSR count). The van der Waals surface area contributed by atoms with Crippen molar-refractivity contribution in [2.75, 3.05) is 6.54 Å². The molecule has 2 heteroatoms. The van der Waals surface area contributed by atoms with Crippen molar-refractivity contribution >= 4 is 0 Å². The van der Waals surface area contributed by atoms with E-state index in [1.165, 1.54) is 38.5 Å². The summed E-state index contributed by atoms with van der Waals surface area (Å²) in [5.41, 5.74) is 2.32. The molecule has 2 fully saturated rings. The Morgan fingerprint density at radius 3 is 2.73 bits per heavy atom. The third kappa shape index (κ3) is 2.13. The van der Waals surface area contributed by atoms with E-state index in [4.69, 9.17) is 0 Å². The molecule has 0 aromatic heterocycles. The van der Waals surface area contributed by atoms with Crippen molar-refractivity contribution in [1.82, 2.24) is 0 Å². The van der Waals surface area contributed by atoms with Gasteiger partial charge < -0.3 is 0 Å². The first-order valence-corrected chi connectivity index (χ1v) is 9.03. The van der Waals surface area contributed by atoms with Crippen molar-refractivity contribution in [2.24, 2.45) is 33.3 Å². The molecule has 2 nitrogen and oxygen atoms in total. The first-order chi connectivity index (χ1) is 10.4. The average Bonchev–Trinajstić information content (AvgIpc) is 2.48. The van der Waals surface area contributed by atoms with Crippen LogP contribution in [0.5, 0.6) is 0 Å². The second kappa shape index (κ2) is 5.32. The molecule has 0 aromatic rings. The summed E-state index contributed by atoms with van der Waals surface area (Å²) in [5, 5.41) is 3.32. The summed E-state index contributed by atoms with van der Waals surface area (Å²) in [5.74, 6) is 1.27. The van der Waals surface area contributed by atoms with Gasteiger partial charge >= 0.3 is 0 Å². The largest absolute Gasteiger partial charge is 0.151 e. The summed E-state index contributed by atoms with van der Waals surface area (Å²) in [7, 11) is 0. The lowest BCUT2D eigenvalue weighted by Crippen LogP contribution is -2.52. The van der Waals surface area contributed by atoms with Crippen LogP contribution in [-0.2, 0) is 0 Å². The number of rotatable bonds is 3. The lowest BCUT2D eigenvalue weighted by Gasteiger charge is -2.60. The van der Waals surface area contributed by atoms with Gasteiger partial charge in [0.15, 0.2) is 0 Å². The highest BCUT2D eigenvalue weighted by Gasteiger charge is 2.56. The van der Waals surface area contributed by atoms with Crippen LogP contribution in [0.25, 0.3) is 0 Å². The van der Waals surface area contributed by atoms with E-state index >= 15 is 0 Å². The first kappa shape index (κ1) is 16.0. The molecule has 3 aliphatic carbocycles. The molecule has 0 heterocycles. The molecule has 3 aliphatic rings. The SMILES string of the molecule is C=C[C@@]1(C)CCC=C2[C@H]1CC[C@@H]1[C@](C)(CN=O)CCC[C@@]21C. The summed E-state index contributed by atoms with van der Waals surface area (Å²) in [4.78, 5) is 11.0. The topological polar surface area (TPSA) is 29.4 Å². The number of fused-ring (bicyclic) bond motifs is 3. The van der Waals surface area contributed by atoms with Gasteiger partial charge in [-0.3, -0.25) is 0 Å². The third-order valence-electron chi connectivity index (χ3n) is 7.57. The van der Waals surface area contributed by atoms with Crippen molar-refractivity contribution in [3.63, 3.8) is 0 Å². The Kier molecular flexibility index (Phi) is 3.86. The highest BCUT2D eigenvalue weighted by atomic mass is 16.3. The molecule has 22 heavy (non-hydrogen) atoms. The minimum absolute atomic E-state index is 0.0998. The molecule has 5 atom stereocenters. The van der Waals surface area contributed by atoms with Gasteiger partial charge in [-0.1, -0.05) is 50.1 Å². The summed E-state index contributed by atoms with van der Waals surface area (Å²) in [6.07, 6.45) is 13.3. The van der Waals surface area contributed by atoms with Crippen LogP contribution < -0.4 is 0 Å². The maximum atomic E-state index is 11.0. The Hall–Kier alpha value is -0.920. The van der Waals surface area contributed by atoms with E-state index in [2.05, 4.69) is 44.7 Å². The molecule has 0 unspecified atom stereocenters. The molecule has 0 N–H and O–H groups in total. The van der Waals surface area contributed by atoms with Crippen molar-refractivity contribution in [3.05, 3.63) is 29.2 Å². The number of hydrogen-bond acceptors (Lipinski definition) is 2. The Balaban J connectivity index is 2.00. The first-order valence-electron chi connectivity index (χ1n) is 9.03. The van der Waals surface area contributed by atoms with Crippen molar-refractivity contribution in [2.45, 2.75) is 65.7 Å². The predicted octanol–water partition coefficient (Wildman–Crippen LogP) is 5.89. The molecular weight excluding hydrogens is 270 g/mol. The molecule has 0 amide bonds. The molecule has 0 aliphatic heterocycles. The van der Waals surface area contributed by atoms with Gasteiger partial charge in [0.2, 0.25) is 0 Å². The van der Waals surface area contributed by atoms with Gasteiger partial charge in [0.1, 0.15) is 0 Å². The van der Waals surface area contributed by atoms with E-state index in [0.717, 1.165) is 6.42 Å². The number of hydrogen-bond donors (Lipinski definition) is 0. The lowest BCUT2D eigenvalue weighted by molar-refractivity contribution is -0.0297. The number of nitrogens with zero attached hydrogens (tertiary/aromatic N) is 1. The van der Waals surface area contributed by atoms with Crippen LogP contribution in [0.4, 0.5) is 0 Å². The second-order valence-corrected chi connectivity index (χ2v) is 8.80. The van der Waals surface area contributed by atoms with Crippen LogP contribution in [0, 0.1) is 33.0 Å². The van der Waals surface area contributed by atoms with E-state index in [9.17, 15) is 4.91 Å². The zero-order chi connectivity index (χ0) is 16.0. The summed E-state index contributed by atoms with van der Waals surface area (Å²) < 4.78 is 0. The van der Waals surface area contributed by atoms with Crippen LogP contribution in [0.1, 0.15) is 65.7 Å². The summed E-state index contributed by atoms with van der Waals surface area (Å²) in [6, 6.07) is 0. The highest BCUT2D eigenvalue weighted by molar-refractivity contribution is 5.30. The average molecular weight is 301 g/mol. The van der Waals surface area contributed by atoms with Crippen LogP contribution in [-0.4, -0.2) is 6.54 Å². The molecular formula is C20H31NO. The Bertz CT molecular complexity index is 510. The number of allylic oxidation sites excluding steroid dienone is 3. The minimum atomic E-state index is 0.0998. The highest BCUT2D eigenvalue weighted by Crippen LogP contribution is 2.65. The van der Waals surface area contributed by atoms with Gasteiger partial charge in [-0.25, -0.2) is 0 Å². The monoisotopic (exact) mass is 301 g/mol. The maximum Gasteiger partial charge on any atom is 0.0867 e. The zero-order valence-corrected chi connectivity index (χ0v) is 14.5. The van der Waals surface area contributed by atoms with E-state index in [-0.39, 0.29) is 16.2 Å². The van der Waals surface area contributed by atoms with Gasteiger partial charge in [-0.15, -0.1) is 6.58 Å². The predicted molar refractivity (Wildman–Crippen MR) is 92.6 cm³/mol. The maximum absolute atomic E-state index is 11.0. The van der Waals surface area contributed by atoms with Crippen LogP contribution in [0.2, 0.25) is 0 Å². The van der Waals surface area contributed by atoms with Gasteiger partial charge in [-0.05, 0) is 66.6 Å². The lowest BCUT2D eigenvalue weighted by atomic mass is 9.44. The quantitative estimate of drug-likeness (QED) is 0.472. The minimum Gasteiger partial charge on any atom is -0.151 e.